The number of aryl methyl sites for hydroxylation is 3. The molecule has 0 bridgehead atoms. The molecule has 1 unspecified atom stereocenters. The smallest absolute Gasteiger partial charge is 0.261 e. The Balaban J connectivity index is 1.60. The second kappa shape index (κ2) is 12.6. The third kappa shape index (κ3) is 7.45. The predicted octanol–water partition coefficient (Wildman–Crippen LogP) is 5.69. The maximum Gasteiger partial charge on any atom is 0.261 e. The van der Waals surface area contributed by atoms with E-state index >= 15 is 0 Å². The zero-order valence-corrected chi connectivity index (χ0v) is 22.2. The Kier molecular flexibility index (Phi) is 8.99. The summed E-state index contributed by atoms with van der Waals surface area (Å²) in [6.45, 7) is 6.32. The van der Waals surface area contributed by atoms with Gasteiger partial charge < -0.3 is 15.0 Å². The molecule has 37 heavy (non-hydrogen) atoms. The van der Waals surface area contributed by atoms with Gasteiger partial charge in [-0.05, 0) is 68.0 Å². The lowest BCUT2D eigenvalue weighted by atomic mass is 10.0. The predicted molar refractivity (Wildman–Crippen MR) is 147 cm³/mol. The standard InChI is InChI=1S/C32H38N2O3/c1-23-13-16-27(17-14-23)21-34(31(35)22-37-29-18-15-24(2)25(3)19-29)30(20-26-9-5-4-6-10-26)32(36)33-28-11-7-8-12-28/h4-6,9-10,13-19,28,30H,7-8,11-12,20-22H2,1-3H3,(H,33,36). The van der Waals surface area contributed by atoms with E-state index in [2.05, 4.69) is 5.32 Å². The fourth-order valence-electron chi connectivity index (χ4n) is 4.84. The largest absolute Gasteiger partial charge is 0.484 e. The van der Waals surface area contributed by atoms with Crippen LogP contribution in [-0.2, 0) is 22.6 Å². The Bertz CT molecular complexity index is 1180. The maximum absolute atomic E-state index is 13.7. The molecular weight excluding hydrogens is 460 g/mol. The molecule has 3 aromatic rings. The summed E-state index contributed by atoms with van der Waals surface area (Å²) in [6, 6.07) is 23.4. The Morgan fingerprint density at radius 3 is 2.27 bits per heavy atom. The highest BCUT2D eigenvalue weighted by Gasteiger charge is 2.32. The topological polar surface area (TPSA) is 58.6 Å². The van der Waals surface area contributed by atoms with Crippen LogP contribution in [0.2, 0.25) is 0 Å². The molecule has 1 saturated carbocycles. The molecule has 0 spiro atoms. The van der Waals surface area contributed by atoms with Crippen molar-refractivity contribution in [1.29, 1.82) is 0 Å². The normalized spacial score (nSPS) is 14.2. The van der Waals surface area contributed by atoms with Gasteiger partial charge in [0.25, 0.3) is 5.91 Å². The van der Waals surface area contributed by atoms with E-state index in [-0.39, 0.29) is 24.5 Å². The van der Waals surface area contributed by atoms with Gasteiger partial charge in [-0.1, -0.05) is 79.1 Å². The molecular formula is C32H38N2O3. The van der Waals surface area contributed by atoms with Crippen LogP contribution in [0, 0.1) is 20.8 Å². The number of carbonyl (C=O) groups excluding carboxylic acids is 2. The number of hydrogen-bond acceptors (Lipinski definition) is 3. The Morgan fingerprint density at radius 2 is 1.59 bits per heavy atom. The molecule has 0 aliphatic heterocycles. The molecule has 5 heteroatoms. The summed E-state index contributed by atoms with van der Waals surface area (Å²) in [4.78, 5) is 29.1. The first-order valence-corrected chi connectivity index (χ1v) is 13.3. The van der Waals surface area contributed by atoms with Crippen molar-refractivity contribution in [2.24, 2.45) is 0 Å². The molecule has 1 aliphatic carbocycles. The minimum absolute atomic E-state index is 0.0950. The first kappa shape index (κ1) is 26.5. The van der Waals surface area contributed by atoms with E-state index in [4.69, 9.17) is 4.74 Å². The van der Waals surface area contributed by atoms with E-state index < -0.39 is 6.04 Å². The minimum Gasteiger partial charge on any atom is -0.484 e. The molecule has 2 amide bonds. The quantitative estimate of drug-likeness (QED) is 0.391. The van der Waals surface area contributed by atoms with E-state index in [1.165, 1.54) is 5.56 Å². The second-order valence-corrected chi connectivity index (χ2v) is 10.2. The molecule has 1 N–H and O–H groups in total. The van der Waals surface area contributed by atoms with Crippen LogP contribution in [0.4, 0.5) is 0 Å². The van der Waals surface area contributed by atoms with Crippen molar-refractivity contribution in [2.45, 2.75) is 71.5 Å². The monoisotopic (exact) mass is 498 g/mol. The highest BCUT2D eigenvalue weighted by molar-refractivity contribution is 5.88. The molecule has 1 atom stereocenters. The van der Waals surface area contributed by atoms with Crippen LogP contribution in [0.15, 0.2) is 72.8 Å². The zero-order chi connectivity index (χ0) is 26.2. The van der Waals surface area contributed by atoms with Gasteiger partial charge in [0.2, 0.25) is 5.91 Å². The van der Waals surface area contributed by atoms with Gasteiger partial charge in [0.1, 0.15) is 11.8 Å². The summed E-state index contributed by atoms with van der Waals surface area (Å²) >= 11 is 0. The molecule has 5 nitrogen and oxygen atoms in total. The van der Waals surface area contributed by atoms with Crippen LogP contribution in [-0.4, -0.2) is 35.4 Å². The van der Waals surface area contributed by atoms with Gasteiger partial charge in [-0.25, -0.2) is 0 Å². The number of amides is 2. The van der Waals surface area contributed by atoms with Gasteiger partial charge >= 0.3 is 0 Å². The number of hydrogen-bond donors (Lipinski definition) is 1. The highest BCUT2D eigenvalue weighted by Crippen LogP contribution is 2.21. The number of benzene rings is 3. The molecule has 0 saturated heterocycles. The molecule has 1 aliphatic rings. The van der Waals surface area contributed by atoms with Gasteiger partial charge in [0.05, 0.1) is 0 Å². The van der Waals surface area contributed by atoms with Gasteiger partial charge in [0, 0.05) is 19.0 Å². The molecule has 1 fully saturated rings. The Morgan fingerprint density at radius 1 is 0.892 bits per heavy atom. The molecule has 194 valence electrons. The fraction of sp³-hybridized carbons (Fsp3) is 0.375. The van der Waals surface area contributed by atoms with E-state index in [1.54, 1.807) is 4.90 Å². The number of nitrogens with one attached hydrogen (secondary N) is 1. The van der Waals surface area contributed by atoms with Gasteiger partial charge in [0.15, 0.2) is 6.61 Å². The van der Waals surface area contributed by atoms with Crippen molar-refractivity contribution in [1.82, 2.24) is 10.2 Å². The number of ether oxygens (including phenoxy) is 1. The zero-order valence-electron chi connectivity index (χ0n) is 22.2. The Labute approximate surface area is 220 Å². The van der Waals surface area contributed by atoms with E-state index in [0.717, 1.165) is 47.9 Å². The number of nitrogens with zero attached hydrogens (tertiary/aromatic N) is 1. The van der Waals surface area contributed by atoms with E-state index in [0.29, 0.717) is 18.7 Å². The molecule has 0 aromatic heterocycles. The summed E-state index contributed by atoms with van der Waals surface area (Å²) in [5, 5.41) is 3.24. The average Bonchev–Trinajstić information content (AvgIpc) is 3.41. The average molecular weight is 499 g/mol. The molecule has 4 rings (SSSR count). The van der Waals surface area contributed by atoms with Crippen molar-refractivity contribution in [3.05, 3.63) is 101 Å². The van der Waals surface area contributed by atoms with Crippen molar-refractivity contribution in [3.8, 4) is 5.75 Å². The summed E-state index contributed by atoms with van der Waals surface area (Å²) in [7, 11) is 0. The first-order chi connectivity index (χ1) is 17.9. The van der Waals surface area contributed by atoms with Gasteiger partial charge in [-0.2, -0.15) is 0 Å². The summed E-state index contributed by atoms with van der Waals surface area (Å²) in [6.07, 6.45) is 4.69. The minimum atomic E-state index is -0.639. The van der Waals surface area contributed by atoms with Crippen molar-refractivity contribution in [3.63, 3.8) is 0 Å². The van der Waals surface area contributed by atoms with Crippen LogP contribution in [0.3, 0.4) is 0 Å². The summed E-state index contributed by atoms with van der Waals surface area (Å²) in [5.41, 5.74) is 5.44. The van der Waals surface area contributed by atoms with E-state index in [1.807, 2.05) is 93.6 Å². The SMILES string of the molecule is Cc1ccc(CN(C(=O)COc2ccc(C)c(C)c2)C(Cc2ccccc2)C(=O)NC2CCCC2)cc1. The van der Waals surface area contributed by atoms with Crippen LogP contribution in [0.5, 0.6) is 5.75 Å². The van der Waals surface area contributed by atoms with Crippen molar-refractivity contribution < 1.29 is 14.3 Å². The van der Waals surface area contributed by atoms with Crippen molar-refractivity contribution >= 4 is 11.8 Å². The van der Waals surface area contributed by atoms with Crippen LogP contribution < -0.4 is 10.1 Å². The lowest BCUT2D eigenvalue weighted by Gasteiger charge is -2.32. The third-order valence-electron chi connectivity index (χ3n) is 7.29. The second-order valence-electron chi connectivity index (χ2n) is 10.2. The van der Waals surface area contributed by atoms with Crippen molar-refractivity contribution in [2.75, 3.05) is 6.61 Å². The fourth-order valence-corrected chi connectivity index (χ4v) is 4.84. The number of carbonyl (C=O) groups is 2. The first-order valence-electron chi connectivity index (χ1n) is 13.3. The summed E-state index contributed by atoms with van der Waals surface area (Å²) < 4.78 is 5.93. The lowest BCUT2D eigenvalue weighted by molar-refractivity contribution is -0.143. The highest BCUT2D eigenvalue weighted by atomic mass is 16.5. The maximum atomic E-state index is 13.7. The molecule has 0 heterocycles. The lowest BCUT2D eigenvalue weighted by Crippen LogP contribution is -2.53. The molecule has 3 aromatic carbocycles. The van der Waals surface area contributed by atoms with Crippen LogP contribution >= 0.6 is 0 Å². The molecule has 0 radical (unpaired) electrons. The van der Waals surface area contributed by atoms with E-state index in [9.17, 15) is 9.59 Å². The number of rotatable bonds is 10. The van der Waals surface area contributed by atoms with Crippen LogP contribution in [0.1, 0.15) is 53.5 Å². The van der Waals surface area contributed by atoms with Gasteiger partial charge in [-0.15, -0.1) is 0 Å². The van der Waals surface area contributed by atoms with Gasteiger partial charge in [-0.3, -0.25) is 9.59 Å². The summed E-state index contributed by atoms with van der Waals surface area (Å²) in [5.74, 6) is 0.352. The third-order valence-corrected chi connectivity index (χ3v) is 7.29. The van der Waals surface area contributed by atoms with Crippen LogP contribution in [0.25, 0.3) is 0 Å². The Hall–Kier alpha value is -3.60.